The zero-order valence-electron chi connectivity index (χ0n) is 9.58. The summed E-state index contributed by atoms with van der Waals surface area (Å²) in [4.78, 5) is 10.2. The molecule has 0 unspecified atom stereocenters. The molecule has 1 aromatic rings. The van der Waals surface area contributed by atoms with Crippen molar-refractivity contribution in [1.29, 1.82) is 0 Å². The van der Waals surface area contributed by atoms with E-state index < -0.39 is 4.92 Å². The summed E-state index contributed by atoms with van der Waals surface area (Å²) in [5.41, 5.74) is 1.14. The second kappa shape index (κ2) is 4.82. The first-order chi connectivity index (χ1) is 7.29. The summed E-state index contributed by atoms with van der Waals surface area (Å²) in [6.07, 6.45) is 0. The lowest BCUT2D eigenvalue weighted by Crippen LogP contribution is -2.18. The molecular weight excluding hydrogens is 272 g/mol. The van der Waals surface area contributed by atoms with Crippen LogP contribution in [0.5, 0.6) is 0 Å². The Kier molecular flexibility index (Phi) is 3.91. The Morgan fingerprint density at radius 1 is 1.44 bits per heavy atom. The van der Waals surface area contributed by atoms with E-state index in [1.54, 1.807) is 12.1 Å². The fraction of sp³-hybridized carbons (Fsp3) is 0.455. The third-order valence-corrected chi connectivity index (χ3v) is 2.60. The summed E-state index contributed by atoms with van der Waals surface area (Å²) >= 11 is 3.19. The van der Waals surface area contributed by atoms with Crippen LogP contribution in [0.1, 0.15) is 20.8 Å². The first-order valence-corrected chi connectivity index (χ1v) is 5.77. The van der Waals surface area contributed by atoms with E-state index in [1.807, 2.05) is 0 Å². The molecule has 0 bridgehead atoms. The van der Waals surface area contributed by atoms with Gasteiger partial charge >= 0.3 is 0 Å². The first kappa shape index (κ1) is 13.0. The number of hydrogen-bond acceptors (Lipinski definition) is 3. The molecule has 1 rings (SSSR count). The molecule has 0 amide bonds. The van der Waals surface area contributed by atoms with Crippen LogP contribution in [0.3, 0.4) is 0 Å². The Hall–Kier alpha value is -1.10. The minimum Gasteiger partial charge on any atom is -0.384 e. The molecule has 0 fully saturated rings. The lowest BCUT2D eigenvalue weighted by Gasteiger charge is -2.19. The quantitative estimate of drug-likeness (QED) is 0.679. The lowest BCUT2D eigenvalue weighted by molar-refractivity contribution is -0.385. The van der Waals surface area contributed by atoms with Crippen LogP contribution in [0.2, 0.25) is 0 Å². The van der Waals surface area contributed by atoms with Crippen LogP contribution in [0, 0.1) is 15.5 Å². The van der Waals surface area contributed by atoms with Crippen molar-refractivity contribution in [1.82, 2.24) is 0 Å². The van der Waals surface area contributed by atoms with Gasteiger partial charge in [0.1, 0.15) is 0 Å². The van der Waals surface area contributed by atoms with Crippen molar-refractivity contribution in [3.63, 3.8) is 0 Å². The number of nitrogens with zero attached hydrogens (tertiary/aromatic N) is 1. The fourth-order valence-electron chi connectivity index (χ4n) is 1.13. The number of hydrogen-bond donors (Lipinski definition) is 1. The smallest absolute Gasteiger partial charge is 0.283 e. The van der Waals surface area contributed by atoms with Gasteiger partial charge in [-0.2, -0.15) is 0 Å². The Morgan fingerprint density at radius 3 is 2.50 bits per heavy atom. The molecule has 88 valence electrons. The predicted octanol–water partition coefficient (Wildman–Crippen LogP) is 3.82. The highest BCUT2D eigenvalue weighted by Crippen LogP contribution is 2.28. The largest absolute Gasteiger partial charge is 0.384 e. The van der Waals surface area contributed by atoms with Crippen molar-refractivity contribution in [2.24, 2.45) is 5.41 Å². The van der Waals surface area contributed by atoms with Gasteiger partial charge in [0.2, 0.25) is 0 Å². The molecule has 1 aromatic carbocycles. The minimum absolute atomic E-state index is 0.0845. The number of nitro benzene ring substituents is 1. The van der Waals surface area contributed by atoms with Gasteiger partial charge in [0.15, 0.2) is 0 Å². The van der Waals surface area contributed by atoms with Crippen molar-refractivity contribution >= 4 is 27.3 Å². The van der Waals surface area contributed by atoms with E-state index in [0.717, 1.165) is 12.2 Å². The molecule has 0 aliphatic carbocycles. The number of rotatable bonds is 3. The SMILES string of the molecule is CC(C)(C)CNc1ccc([N+](=O)[O-])c(Br)c1. The summed E-state index contributed by atoms with van der Waals surface area (Å²) in [5.74, 6) is 0. The molecule has 16 heavy (non-hydrogen) atoms. The van der Waals surface area contributed by atoms with E-state index in [1.165, 1.54) is 6.07 Å². The van der Waals surface area contributed by atoms with Crippen molar-refractivity contribution < 1.29 is 4.92 Å². The number of halogens is 1. The van der Waals surface area contributed by atoms with Crippen LogP contribution in [0.4, 0.5) is 11.4 Å². The van der Waals surface area contributed by atoms with Crippen molar-refractivity contribution in [3.05, 3.63) is 32.8 Å². The third kappa shape index (κ3) is 3.81. The second-order valence-corrected chi connectivity index (χ2v) is 5.69. The highest BCUT2D eigenvalue weighted by Gasteiger charge is 2.13. The lowest BCUT2D eigenvalue weighted by atomic mass is 9.97. The summed E-state index contributed by atoms with van der Waals surface area (Å²) in [7, 11) is 0. The van der Waals surface area contributed by atoms with Crippen molar-refractivity contribution in [2.75, 3.05) is 11.9 Å². The van der Waals surface area contributed by atoms with E-state index >= 15 is 0 Å². The number of nitro groups is 1. The maximum absolute atomic E-state index is 10.6. The summed E-state index contributed by atoms with van der Waals surface area (Å²) in [6, 6.07) is 4.94. The Morgan fingerprint density at radius 2 is 2.06 bits per heavy atom. The van der Waals surface area contributed by atoms with Crippen molar-refractivity contribution in [2.45, 2.75) is 20.8 Å². The fourth-order valence-corrected chi connectivity index (χ4v) is 1.66. The molecule has 0 spiro atoms. The molecule has 5 heteroatoms. The summed E-state index contributed by atoms with van der Waals surface area (Å²) in [6.45, 7) is 7.19. The number of nitrogens with one attached hydrogen (secondary N) is 1. The zero-order chi connectivity index (χ0) is 12.3. The molecule has 0 radical (unpaired) electrons. The minimum atomic E-state index is -0.405. The van der Waals surface area contributed by atoms with Crippen LogP contribution < -0.4 is 5.32 Å². The standard InChI is InChI=1S/C11H15BrN2O2/c1-11(2,3)7-13-8-4-5-10(14(15)16)9(12)6-8/h4-6,13H,7H2,1-3H3. The molecule has 0 atom stereocenters. The molecule has 1 N–H and O–H groups in total. The highest BCUT2D eigenvalue weighted by atomic mass is 79.9. The predicted molar refractivity (Wildman–Crippen MR) is 68.7 cm³/mol. The summed E-state index contributed by atoms with van der Waals surface area (Å²) in [5, 5.41) is 13.8. The normalized spacial score (nSPS) is 11.2. The first-order valence-electron chi connectivity index (χ1n) is 4.97. The molecule has 0 aliphatic heterocycles. The van der Waals surface area contributed by atoms with E-state index in [2.05, 4.69) is 42.0 Å². The van der Waals surface area contributed by atoms with Gasteiger partial charge in [-0.1, -0.05) is 20.8 Å². The van der Waals surface area contributed by atoms with E-state index in [4.69, 9.17) is 0 Å². The Bertz CT molecular complexity index is 399. The van der Waals surface area contributed by atoms with Gasteiger partial charge in [-0.3, -0.25) is 10.1 Å². The van der Waals surface area contributed by atoms with Crippen LogP contribution >= 0.6 is 15.9 Å². The average Bonchev–Trinajstić information content (AvgIpc) is 2.13. The van der Waals surface area contributed by atoms with Crippen LogP contribution in [-0.2, 0) is 0 Å². The molecule has 0 saturated heterocycles. The van der Waals surface area contributed by atoms with Gasteiger partial charge in [-0.25, -0.2) is 0 Å². The van der Waals surface area contributed by atoms with Crippen molar-refractivity contribution in [3.8, 4) is 0 Å². The zero-order valence-corrected chi connectivity index (χ0v) is 11.2. The average molecular weight is 287 g/mol. The van der Waals surface area contributed by atoms with Crippen LogP contribution in [-0.4, -0.2) is 11.5 Å². The van der Waals surface area contributed by atoms with Gasteiger partial charge in [0.25, 0.3) is 5.69 Å². The topological polar surface area (TPSA) is 55.2 Å². The second-order valence-electron chi connectivity index (χ2n) is 4.84. The Balaban J connectivity index is 2.78. The number of benzene rings is 1. The van der Waals surface area contributed by atoms with Gasteiger partial charge < -0.3 is 5.32 Å². The maximum atomic E-state index is 10.6. The van der Waals surface area contributed by atoms with Gasteiger partial charge in [-0.05, 0) is 33.5 Å². The molecule has 0 aliphatic rings. The molecule has 0 heterocycles. The van der Waals surface area contributed by atoms with Crippen LogP contribution in [0.25, 0.3) is 0 Å². The Labute approximate surface area is 103 Å². The maximum Gasteiger partial charge on any atom is 0.283 e. The van der Waals surface area contributed by atoms with Crippen LogP contribution in [0.15, 0.2) is 22.7 Å². The van der Waals surface area contributed by atoms with E-state index in [-0.39, 0.29) is 11.1 Å². The van der Waals surface area contributed by atoms with Gasteiger partial charge in [0, 0.05) is 18.3 Å². The van der Waals surface area contributed by atoms with E-state index in [9.17, 15) is 10.1 Å². The van der Waals surface area contributed by atoms with E-state index in [0.29, 0.717) is 4.47 Å². The monoisotopic (exact) mass is 286 g/mol. The molecule has 0 aromatic heterocycles. The summed E-state index contributed by atoms with van der Waals surface area (Å²) < 4.78 is 0.497. The highest BCUT2D eigenvalue weighted by molar-refractivity contribution is 9.10. The van der Waals surface area contributed by atoms with Gasteiger partial charge in [-0.15, -0.1) is 0 Å². The molecule has 4 nitrogen and oxygen atoms in total. The number of anilines is 1. The molecular formula is C11H15BrN2O2. The van der Waals surface area contributed by atoms with Gasteiger partial charge in [0.05, 0.1) is 9.40 Å². The third-order valence-electron chi connectivity index (χ3n) is 1.97. The molecule has 0 saturated carbocycles.